The van der Waals surface area contributed by atoms with Crippen molar-refractivity contribution in [3.05, 3.63) is 47.0 Å². The molecule has 0 aromatic heterocycles. The van der Waals surface area contributed by atoms with Crippen LogP contribution in [0.15, 0.2) is 41.4 Å². The fourth-order valence-corrected chi connectivity index (χ4v) is 1.88. The Hall–Kier alpha value is -1.09. The Morgan fingerprint density at radius 1 is 1.53 bits per heavy atom. The van der Waals surface area contributed by atoms with Crippen LogP contribution >= 0.6 is 15.9 Å². The highest BCUT2D eigenvalue weighted by Crippen LogP contribution is 2.20. The first-order chi connectivity index (χ1) is 7.15. The van der Waals surface area contributed by atoms with Gasteiger partial charge in [0.05, 0.1) is 0 Å². The maximum absolute atomic E-state index is 11.2. The van der Waals surface area contributed by atoms with E-state index in [0.717, 1.165) is 10.0 Å². The Labute approximate surface area is 98.3 Å². The molecule has 1 aromatic carbocycles. The molecule has 2 N–H and O–H groups in total. The zero-order valence-corrected chi connectivity index (χ0v) is 10.0. The average Bonchev–Trinajstić information content (AvgIpc) is 2.20. The van der Waals surface area contributed by atoms with Crippen molar-refractivity contribution in [3.63, 3.8) is 0 Å². The normalized spacial score (nSPS) is 12.1. The zero-order valence-electron chi connectivity index (χ0n) is 8.45. The average molecular weight is 268 g/mol. The van der Waals surface area contributed by atoms with Gasteiger partial charge in [0.2, 0.25) is 5.91 Å². The molecular weight excluding hydrogens is 254 g/mol. The van der Waals surface area contributed by atoms with Gasteiger partial charge in [-0.25, -0.2) is 0 Å². The SMILES string of the molecule is C=CC[C@H](Cc1ccccc1Br)C(N)=O. The molecule has 2 nitrogen and oxygen atoms in total. The van der Waals surface area contributed by atoms with Crippen molar-refractivity contribution in [2.45, 2.75) is 12.8 Å². The van der Waals surface area contributed by atoms with Crippen LogP contribution in [0.25, 0.3) is 0 Å². The lowest BCUT2D eigenvalue weighted by atomic mass is 9.96. The molecule has 0 saturated carbocycles. The lowest BCUT2D eigenvalue weighted by Gasteiger charge is -2.12. The molecule has 0 heterocycles. The number of hydrogen-bond acceptors (Lipinski definition) is 1. The van der Waals surface area contributed by atoms with Gasteiger partial charge in [0.15, 0.2) is 0 Å². The van der Waals surface area contributed by atoms with Gasteiger partial charge >= 0.3 is 0 Å². The number of carbonyl (C=O) groups excluding carboxylic acids is 1. The van der Waals surface area contributed by atoms with Gasteiger partial charge in [0.25, 0.3) is 0 Å². The smallest absolute Gasteiger partial charge is 0.221 e. The van der Waals surface area contributed by atoms with Crippen LogP contribution in [0.1, 0.15) is 12.0 Å². The molecule has 1 aromatic rings. The van der Waals surface area contributed by atoms with Crippen LogP contribution in [-0.4, -0.2) is 5.91 Å². The van der Waals surface area contributed by atoms with Gasteiger partial charge in [-0.1, -0.05) is 40.2 Å². The summed E-state index contributed by atoms with van der Waals surface area (Å²) in [6.45, 7) is 3.63. The van der Waals surface area contributed by atoms with Crippen LogP contribution in [0.3, 0.4) is 0 Å². The number of allylic oxidation sites excluding steroid dienone is 1. The summed E-state index contributed by atoms with van der Waals surface area (Å²) in [7, 11) is 0. The van der Waals surface area contributed by atoms with Crippen molar-refractivity contribution in [2.24, 2.45) is 11.7 Å². The van der Waals surface area contributed by atoms with Crippen LogP contribution < -0.4 is 5.73 Å². The molecular formula is C12H14BrNO. The van der Waals surface area contributed by atoms with Crippen molar-refractivity contribution in [1.29, 1.82) is 0 Å². The van der Waals surface area contributed by atoms with Crippen molar-refractivity contribution >= 4 is 21.8 Å². The van der Waals surface area contributed by atoms with Crippen molar-refractivity contribution in [1.82, 2.24) is 0 Å². The summed E-state index contributed by atoms with van der Waals surface area (Å²) in [6, 6.07) is 7.84. The molecule has 0 bridgehead atoms. The quantitative estimate of drug-likeness (QED) is 0.820. The Balaban J connectivity index is 2.78. The predicted molar refractivity (Wildman–Crippen MR) is 65.3 cm³/mol. The molecule has 0 unspecified atom stereocenters. The topological polar surface area (TPSA) is 43.1 Å². The molecule has 0 aliphatic heterocycles. The van der Waals surface area contributed by atoms with E-state index < -0.39 is 0 Å². The third-order valence-electron chi connectivity index (χ3n) is 2.28. The van der Waals surface area contributed by atoms with Gasteiger partial charge in [-0.05, 0) is 24.5 Å². The molecule has 0 spiro atoms. The molecule has 0 aliphatic rings. The van der Waals surface area contributed by atoms with E-state index in [0.29, 0.717) is 12.8 Å². The van der Waals surface area contributed by atoms with E-state index >= 15 is 0 Å². The Morgan fingerprint density at radius 3 is 2.73 bits per heavy atom. The Kier molecular flexibility index (Phi) is 4.56. The first-order valence-electron chi connectivity index (χ1n) is 4.78. The minimum atomic E-state index is -0.273. The Bertz CT molecular complexity index is 362. The van der Waals surface area contributed by atoms with Gasteiger partial charge in [0.1, 0.15) is 0 Å². The molecule has 3 heteroatoms. The van der Waals surface area contributed by atoms with Gasteiger partial charge in [-0.3, -0.25) is 4.79 Å². The van der Waals surface area contributed by atoms with Crippen LogP contribution in [0.2, 0.25) is 0 Å². The predicted octanol–water partition coefficient (Wildman–Crippen LogP) is 2.67. The number of amides is 1. The van der Waals surface area contributed by atoms with E-state index in [9.17, 15) is 4.79 Å². The first kappa shape index (κ1) is 12.0. The molecule has 1 rings (SSSR count). The second-order valence-electron chi connectivity index (χ2n) is 3.42. The fourth-order valence-electron chi connectivity index (χ4n) is 1.43. The van der Waals surface area contributed by atoms with E-state index in [1.807, 2.05) is 24.3 Å². The molecule has 0 radical (unpaired) electrons. The van der Waals surface area contributed by atoms with Crippen molar-refractivity contribution in [2.75, 3.05) is 0 Å². The number of benzene rings is 1. The van der Waals surface area contributed by atoms with Gasteiger partial charge in [0, 0.05) is 10.4 Å². The van der Waals surface area contributed by atoms with Crippen molar-refractivity contribution in [3.8, 4) is 0 Å². The maximum atomic E-state index is 11.2. The number of halogens is 1. The number of nitrogens with two attached hydrogens (primary N) is 1. The highest BCUT2D eigenvalue weighted by atomic mass is 79.9. The summed E-state index contributed by atoms with van der Waals surface area (Å²) in [5, 5.41) is 0. The summed E-state index contributed by atoms with van der Waals surface area (Å²) >= 11 is 3.45. The van der Waals surface area contributed by atoms with Crippen LogP contribution in [0.4, 0.5) is 0 Å². The van der Waals surface area contributed by atoms with Crippen molar-refractivity contribution < 1.29 is 4.79 Å². The number of primary amides is 1. The van der Waals surface area contributed by atoms with E-state index in [1.54, 1.807) is 6.08 Å². The Morgan fingerprint density at radius 2 is 2.20 bits per heavy atom. The summed E-state index contributed by atoms with van der Waals surface area (Å²) < 4.78 is 1.01. The summed E-state index contributed by atoms with van der Waals surface area (Å²) in [6.07, 6.45) is 3.01. The molecule has 1 atom stereocenters. The van der Waals surface area contributed by atoms with E-state index in [2.05, 4.69) is 22.5 Å². The zero-order chi connectivity index (χ0) is 11.3. The molecule has 0 aliphatic carbocycles. The first-order valence-corrected chi connectivity index (χ1v) is 5.58. The van der Waals surface area contributed by atoms with Crippen LogP contribution in [0, 0.1) is 5.92 Å². The largest absolute Gasteiger partial charge is 0.369 e. The molecule has 0 fully saturated rings. The van der Waals surface area contributed by atoms with E-state index in [-0.39, 0.29) is 11.8 Å². The minimum absolute atomic E-state index is 0.166. The number of hydrogen-bond donors (Lipinski definition) is 1. The molecule has 80 valence electrons. The van der Waals surface area contributed by atoms with Gasteiger partial charge in [-0.2, -0.15) is 0 Å². The highest BCUT2D eigenvalue weighted by molar-refractivity contribution is 9.10. The minimum Gasteiger partial charge on any atom is -0.369 e. The standard InChI is InChI=1S/C12H14BrNO/c1-2-5-10(12(14)15)8-9-6-3-4-7-11(9)13/h2-4,6-7,10H,1,5,8H2,(H2,14,15)/t10-/m1/s1. The summed E-state index contributed by atoms with van der Waals surface area (Å²) in [4.78, 5) is 11.2. The second-order valence-corrected chi connectivity index (χ2v) is 4.27. The van der Waals surface area contributed by atoms with Gasteiger partial charge in [-0.15, -0.1) is 6.58 Å². The molecule has 0 saturated heterocycles. The monoisotopic (exact) mass is 267 g/mol. The van der Waals surface area contributed by atoms with Crippen LogP contribution in [-0.2, 0) is 11.2 Å². The summed E-state index contributed by atoms with van der Waals surface area (Å²) in [5.74, 6) is -0.438. The molecule has 1 amide bonds. The number of carbonyl (C=O) groups is 1. The van der Waals surface area contributed by atoms with E-state index in [1.165, 1.54) is 0 Å². The molecule has 15 heavy (non-hydrogen) atoms. The lowest BCUT2D eigenvalue weighted by molar-refractivity contribution is -0.121. The highest BCUT2D eigenvalue weighted by Gasteiger charge is 2.15. The summed E-state index contributed by atoms with van der Waals surface area (Å²) in [5.41, 5.74) is 6.42. The third kappa shape index (κ3) is 3.51. The maximum Gasteiger partial charge on any atom is 0.221 e. The number of rotatable bonds is 5. The van der Waals surface area contributed by atoms with Crippen LogP contribution in [0.5, 0.6) is 0 Å². The lowest BCUT2D eigenvalue weighted by Crippen LogP contribution is -2.24. The third-order valence-corrected chi connectivity index (χ3v) is 3.05. The van der Waals surface area contributed by atoms with E-state index in [4.69, 9.17) is 5.73 Å². The van der Waals surface area contributed by atoms with Gasteiger partial charge < -0.3 is 5.73 Å². The second kappa shape index (κ2) is 5.71. The fraction of sp³-hybridized carbons (Fsp3) is 0.250.